The smallest absolute Gasteiger partial charge is 0.201 e. The van der Waals surface area contributed by atoms with Crippen LogP contribution >= 0.6 is 0 Å². The van der Waals surface area contributed by atoms with Crippen LogP contribution in [0.5, 0.6) is 17.2 Å². The fourth-order valence-electron chi connectivity index (χ4n) is 5.42. The SMILES string of the molecule is CCCCCCOc1ccc(COc2ccc(C3CCC(c4ccc(OCC)c(F)c4F)CC3)cc2F)c(F)c1F. The lowest BCUT2D eigenvalue weighted by Gasteiger charge is -2.29. The third kappa shape index (κ3) is 7.52. The normalized spacial score (nSPS) is 17.0. The van der Waals surface area contributed by atoms with Gasteiger partial charge in [0.15, 0.2) is 34.7 Å². The van der Waals surface area contributed by atoms with Gasteiger partial charge < -0.3 is 14.2 Å². The molecule has 222 valence electrons. The van der Waals surface area contributed by atoms with Crippen LogP contribution in [0.2, 0.25) is 0 Å². The van der Waals surface area contributed by atoms with Gasteiger partial charge in [-0.1, -0.05) is 38.3 Å². The zero-order valence-electron chi connectivity index (χ0n) is 23.6. The standard InChI is InChI=1S/C33H37F5O3/c1-3-5-6-7-18-40-29-16-13-24(30(35)32(29)37)20-41-27-15-12-23(19-26(27)34)21-8-10-22(11-9-21)25-14-17-28(39-4-2)33(38)31(25)36/h12-17,19,21-22H,3-11,18,20H2,1-2H3. The first-order valence-corrected chi connectivity index (χ1v) is 14.5. The molecule has 0 spiro atoms. The third-order valence-electron chi connectivity index (χ3n) is 7.74. The molecule has 1 saturated carbocycles. The Morgan fingerprint density at radius 2 is 1.29 bits per heavy atom. The number of hydrogen-bond acceptors (Lipinski definition) is 3. The highest BCUT2D eigenvalue weighted by Crippen LogP contribution is 2.42. The summed E-state index contributed by atoms with van der Waals surface area (Å²) >= 11 is 0. The average Bonchev–Trinajstić information content (AvgIpc) is 2.98. The van der Waals surface area contributed by atoms with Crippen LogP contribution in [0.4, 0.5) is 22.0 Å². The van der Waals surface area contributed by atoms with E-state index in [0.29, 0.717) is 37.9 Å². The number of benzene rings is 3. The van der Waals surface area contributed by atoms with E-state index in [1.807, 2.05) is 0 Å². The van der Waals surface area contributed by atoms with Gasteiger partial charge in [-0.15, -0.1) is 0 Å². The molecule has 3 aromatic rings. The summed E-state index contributed by atoms with van der Waals surface area (Å²) in [6, 6.07) is 10.4. The first-order valence-electron chi connectivity index (χ1n) is 14.5. The highest BCUT2D eigenvalue weighted by atomic mass is 19.2. The highest BCUT2D eigenvalue weighted by molar-refractivity contribution is 5.36. The molecule has 0 bridgehead atoms. The van der Waals surface area contributed by atoms with Gasteiger partial charge in [0, 0.05) is 5.56 Å². The maximum Gasteiger partial charge on any atom is 0.201 e. The fourth-order valence-corrected chi connectivity index (χ4v) is 5.42. The molecule has 1 aliphatic carbocycles. The van der Waals surface area contributed by atoms with Crippen molar-refractivity contribution >= 4 is 0 Å². The van der Waals surface area contributed by atoms with Gasteiger partial charge in [-0.2, -0.15) is 8.78 Å². The average molecular weight is 577 g/mol. The number of unbranched alkanes of at least 4 members (excludes halogenated alkanes) is 3. The summed E-state index contributed by atoms with van der Waals surface area (Å²) in [5, 5.41) is 0. The van der Waals surface area contributed by atoms with Crippen LogP contribution in [0.1, 0.15) is 93.7 Å². The van der Waals surface area contributed by atoms with Crippen LogP contribution in [0.15, 0.2) is 42.5 Å². The van der Waals surface area contributed by atoms with Crippen molar-refractivity contribution in [1.29, 1.82) is 0 Å². The van der Waals surface area contributed by atoms with Crippen molar-refractivity contribution in [1.82, 2.24) is 0 Å². The quantitative estimate of drug-likeness (QED) is 0.150. The Hall–Kier alpha value is -3.29. The Kier molecular flexibility index (Phi) is 10.9. The second-order valence-electron chi connectivity index (χ2n) is 10.5. The molecule has 3 nitrogen and oxygen atoms in total. The Bertz CT molecular complexity index is 1300. The molecule has 0 aliphatic heterocycles. The van der Waals surface area contributed by atoms with E-state index in [-0.39, 0.29) is 47.9 Å². The first kappa shape index (κ1) is 30.7. The van der Waals surface area contributed by atoms with Crippen molar-refractivity contribution < 1.29 is 36.2 Å². The van der Waals surface area contributed by atoms with Gasteiger partial charge in [0.2, 0.25) is 11.6 Å². The lowest BCUT2D eigenvalue weighted by Crippen LogP contribution is -2.14. The van der Waals surface area contributed by atoms with E-state index in [1.54, 1.807) is 19.1 Å². The van der Waals surface area contributed by atoms with Crippen LogP contribution in [0.25, 0.3) is 0 Å². The summed E-state index contributed by atoms with van der Waals surface area (Å²) < 4.78 is 88.9. The van der Waals surface area contributed by atoms with E-state index in [9.17, 15) is 22.0 Å². The van der Waals surface area contributed by atoms with Crippen LogP contribution in [-0.2, 0) is 6.61 Å². The lowest BCUT2D eigenvalue weighted by molar-refractivity contribution is 0.271. The van der Waals surface area contributed by atoms with Crippen molar-refractivity contribution in [2.75, 3.05) is 13.2 Å². The zero-order chi connectivity index (χ0) is 29.4. The lowest BCUT2D eigenvalue weighted by atomic mass is 9.76. The second kappa shape index (κ2) is 14.6. The largest absolute Gasteiger partial charge is 0.491 e. The molecule has 0 atom stereocenters. The Balaban J connectivity index is 1.32. The first-order chi connectivity index (χ1) is 19.8. The molecule has 0 heterocycles. The van der Waals surface area contributed by atoms with Crippen molar-refractivity contribution in [3.63, 3.8) is 0 Å². The molecular weight excluding hydrogens is 539 g/mol. The predicted molar refractivity (Wildman–Crippen MR) is 148 cm³/mol. The van der Waals surface area contributed by atoms with E-state index < -0.39 is 29.1 Å². The van der Waals surface area contributed by atoms with Crippen molar-refractivity contribution in [3.05, 3.63) is 88.2 Å². The molecule has 0 radical (unpaired) electrons. The molecule has 0 N–H and O–H groups in total. The summed E-state index contributed by atoms with van der Waals surface area (Å²) in [7, 11) is 0. The van der Waals surface area contributed by atoms with Gasteiger partial charge in [0.1, 0.15) is 6.61 Å². The monoisotopic (exact) mass is 576 g/mol. The van der Waals surface area contributed by atoms with E-state index in [1.165, 1.54) is 30.3 Å². The van der Waals surface area contributed by atoms with Crippen LogP contribution in [0, 0.1) is 29.1 Å². The van der Waals surface area contributed by atoms with Crippen LogP contribution in [0.3, 0.4) is 0 Å². The van der Waals surface area contributed by atoms with Gasteiger partial charge in [-0.3, -0.25) is 0 Å². The Morgan fingerprint density at radius 1 is 0.634 bits per heavy atom. The van der Waals surface area contributed by atoms with Crippen molar-refractivity contribution in [2.24, 2.45) is 0 Å². The number of ether oxygens (including phenoxy) is 3. The minimum absolute atomic E-state index is 0.0411. The molecule has 41 heavy (non-hydrogen) atoms. The van der Waals surface area contributed by atoms with Crippen LogP contribution in [-0.4, -0.2) is 13.2 Å². The molecule has 4 rings (SSSR count). The Labute approximate surface area is 238 Å². The molecule has 1 fully saturated rings. The van der Waals surface area contributed by atoms with E-state index in [0.717, 1.165) is 31.2 Å². The molecule has 0 aromatic heterocycles. The van der Waals surface area contributed by atoms with Crippen molar-refractivity contribution in [2.45, 2.75) is 83.7 Å². The van der Waals surface area contributed by atoms with Gasteiger partial charge in [0.25, 0.3) is 0 Å². The summed E-state index contributed by atoms with van der Waals surface area (Å²) in [6.45, 7) is 4.01. The maximum absolute atomic E-state index is 14.9. The van der Waals surface area contributed by atoms with Crippen molar-refractivity contribution in [3.8, 4) is 17.2 Å². The molecule has 8 heteroatoms. The number of hydrogen-bond donors (Lipinski definition) is 0. The summed E-state index contributed by atoms with van der Waals surface area (Å²) in [5.74, 6) is -4.96. The van der Waals surface area contributed by atoms with E-state index >= 15 is 0 Å². The summed E-state index contributed by atoms with van der Waals surface area (Å²) in [4.78, 5) is 0. The maximum atomic E-state index is 14.9. The van der Waals surface area contributed by atoms with Gasteiger partial charge >= 0.3 is 0 Å². The minimum atomic E-state index is -1.08. The van der Waals surface area contributed by atoms with Gasteiger partial charge in [-0.05, 0) is 92.3 Å². The molecule has 0 unspecified atom stereocenters. The topological polar surface area (TPSA) is 27.7 Å². The van der Waals surface area contributed by atoms with Gasteiger partial charge in [0.05, 0.1) is 13.2 Å². The fraction of sp³-hybridized carbons (Fsp3) is 0.455. The number of halogens is 5. The molecular formula is C33H37F5O3. The third-order valence-corrected chi connectivity index (χ3v) is 7.74. The molecule has 3 aromatic carbocycles. The Morgan fingerprint density at radius 3 is 2.00 bits per heavy atom. The number of rotatable bonds is 13. The molecule has 0 saturated heterocycles. The second-order valence-corrected chi connectivity index (χ2v) is 10.5. The predicted octanol–water partition coefficient (Wildman–Crippen LogP) is 9.76. The van der Waals surface area contributed by atoms with Gasteiger partial charge in [-0.25, -0.2) is 13.2 Å². The molecule has 1 aliphatic rings. The summed E-state index contributed by atoms with van der Waals surface area (Å²) in [5.41, 5.74) is 1.08. The van der Waals surface area contributed by atoms with E-state index in [4.69, 9.17) is 14.2 Å². The molecule has 0 amide bonds. The summed E-state index contributed by atoms with van der Waals surface area (Å²) in [6.07, 6.45) is 6.51. The highest BCUT2D eigenvalue weighted by Gasteiger charge is 2.28. The zero-order valence-corrected chi connectivity index (χ0v) is 23.6. The minimum Gasteiger partial charge on any atom is -0.491 e. The van der Waals surface area contributed by atoms with E-state index in [2.05, 4.69) is 6.92 Å². The van der Waals surface area contributed by atoms with Crippen LogP contribution < -0.4 is 14.2 Å².